The van der Waals surface area contributed by atoms with Crippen molar-refractivity contribution < 1.29 is 24.2 Å². The molecule has 0 nitrogen and oxygen atoms in total. The second kappa shape index (κ2) is 13.1. The van der Waals surface area contributed by atoms with Crippen LogP contribution in [-0.2, 0) is 41.5 Å². The maximum absolute atomic E-state index is 3.53. The molecule has 200 valence electrons. The zero-order valence-electron chi connectivity index (χ0n) is 24.8. The first kappa shape index (κ1) is 30.0. The van der Waals surface area contributed by atoms with Crippen LogP contribution in [0.25, 0.3) is 11.1 Å². The molecule has 0 fully saturated rings. The summed E-state index contributed by atoms with van der Waals surface area (Å²) in [4.78, 5) is 0. The minimum absolute atomic E-state index is 0.177. The molecule has 1 heteroatoms. The molecular formula is C39H40Zr. The van der Waals surface area contributed by atoms with Crippen LogP contribution in [0.1, 0.15) is 74.9 Å². The predicted molar refractivity (Wildman–Crippen MR) is 169 cm³/mol. The van der Waals surface area contributed by atoms with E-state index in [0.29, 0.717) is 0 Å². The van der Waals surface area contributed by atoms with Crippen LogP contribution < -0.4 is 0 Å². The molecule has 6 rings (SSSR count). The fraction of sp³-hybridized carbons (Fsp3) is 0.231. The molecule has 0 spiro atoms. The molecule has 0 saturated carbocycles. The van der Waals surface area contributed by atoms with E-state index in [2.05, 4.69) is 139 Å². The zero-order chi connectivity index (χ0) is 28.8. The number of hydrogen-bond donors (Lipinski definition) is 0. The molecule has 0 aliphatic heterocycles. The van der Waals surface area contributed by atoms with E-state index in [1.165, 1.54) is 71.9 Å². The van der Waals surface area contributed by atoms with Crippen molar-refractivity contribution >= 4 is 3.21 Å². The molecule has 0 radical (unpaired) electrons. The summed E-state index contributed by atoms with van der Waals surface area (Å²) >= 11 is 1.46. The Kier molecular flexibility index (Phi) is 9.81. The minimum Gasteiger partial charge on any atom is -0.214 e. The van der Waals surface area contributed by atoms with E-state index in [1.807, 2.05) is 30.3 Å². The molecule has 0 N–H and O–H groups in total. The number of fused-ring (bicyclic) bond motifs is 3. The van der Waals surface area contributed by atoms with E-state index in [4.69, 9.17) is 0 Å². The first-order valence-corrected chi connectivity index (χ1v) is 15.3. The van der Waals surface area contributed by atoms with Gasteiger partial charge < -0.3 is 0 Å². The second-order valence-corrected chi connectivity index (χ2v) is 13.6. The van der Waals surface area contributed by atoms with Gasteiger partial charge >= 0.3 is 99.2 Å². The summed E-state index contributed by atoms with van der Waals surface area (Å²) in [6.45, 7) is 13.6. The molecule has 0 aromatic heterocycles. The van der Waals surface area contributed by atoms with Crippen LogP contribution in [-0.4, -0.2) is 3.21 Å². The smallest absolute Gasteiger partial charge is 0.172 e. The van der Waals surface area contributed by atoms with Crippen molar-refractivity contribution in [2.24, 2.45) is 0 Å². The van der Waals surface area contributed by atoms with Gasteiger partial charge in [0.05, 0.1) is 0 Å². The first-order valence-electron chi connectivity index (χ1n) is 14.1. The van der Waals surface area contributed by atoms with E-state index < -0.39 is 0 Å². The van der Waals surface area contributed by atoms with Gasteiger partial charge in [0.15, 0.2) is 0 Å². The van der Waals surface area contributed by atoms with Crippen molar-refractivity contribution in [1.82, 2.24) is 0 Å². The van der Waals surface area contributed by atoms with Crippen molar-refractivity contribution in [3.8, 4) is 11.1 Å². The van der Waals surface area contributed by atoms with Gasteiger partial charge in [-0.15, -0.1) is 5.56 Å². The molecule has 40 heavy (non-hydrogen) atoms. The molecule has 0 unspecified atom stereocenters. The Morgan fingerprint density at radius 2 is 1.18 bits per heavy atom. The third-order valence-electron chi connectivity index (χ3n) is 7.21. The van der Waals surface area contributed by atoms with Crippen molar-refractivity contribution in [1.29, 1.82) is 0 Å². The van der Waals surface area contributed by atoms with Gasteiger partial charge in [-0.3, -0.25) is 0 Å². The van der Waals surface area contributed by atoms with Crippen molar-refractivity contribution in [2.75, 3.05) is 0 Å². The molecule has 1 aliphatic carbocycles. The van der Waals surface area contributed by atoms with Gasteiger partial charge in [-0.2, -0.15) is 47.5 Å². The Balaban J connectivity index is 0.000000166. The van der Waals surface area contributed by atoms with Gasteiger partial charge in [-0.05, 0) is 17.4 Å². The zero-order valence-corrected chi connectivity index (χ0v) is 27.2. The van der Waals surface area contributed by atoms with Gasteiger partial charge in [0.25, 0.3) is 0 Å². The average Bonchev–Trinajstić information content (AvgIpc) is 3.64. The van der Waals surface area contributed by atoms with Crippen LogP contribution in [0.4, 0.5) is 0 Å². The van der Waals surface area contributed by atoms with Crippen LogP contribution in [0, 0.1) is 6.07 Å². The van der Waals surface area contributed by atoms with Crippen molar-refractivity contribution in [3.05, 3.63) is 161 Å². The summed E-state index contributed by atoms with van der Waals surface area (Å²) in [7, 11) is 0. The van der Waals surface area contributed by atoms with Gasteiger partial charge in [0, 0.05) is 0 Å². The average molecular weight is 600 g/mol. The molecule has 0 bridgehead atoms. The van der Waals surface area contributed by atoms with E-state index in [0.717, 1.165) is 6.42 Å². The Morgan fingerprint density at radius 1 is 0.650 bits per heavy atom. The van der Waals surface area contributed by atoms with Crippen molar-refractivity contribution in [3.63, 3.8) is 0 Å². The number of rotatable bonds is 2. The Morgan fingerprint density at radius 3 is 1.65 bits per heavy atom. The molecule has 5 aromatic carbocycles. The van der Waals surface area contributed by atoms with Crippen LogP contribution in [0.15, 0.2) is 121 Å². The Labute approximate surface area is 256 Å². The second-order valence-electron chi connectivity index (χ2n) is 12.4. The monoisotopic (exact) mass is 598 g/mol. The fourth-order valence-corrected chi connectivity index (χ4v) is 5.50. The van der Waals surface area contributed by atoms with Crippen LogP contribution in [0.2, 0.25) is 0 Å². The molecule has 0 saturated heterocycles. The Bertz CT molecular complexity index is 1390. The maximum Gasteiger partial charge on any atom is -0.172 e. The SMILES string of the molecule is CC(C)(C)c1c[c-]c2c(c1)-c1cc(C(C)(C)C)ccc1C2.[Zr+2]=[C](c1ccccc1)c1ccccc1.c1cc[cH-]c1. The summed E-state index contributed by atoms with van der Waals surface area (Å²) < 4.78 is 1.42. The number of benzene rings is 4. The van der Waals surface area contributed by atoms with E-state index in [-0.39, 0.29) is 10.8 Å². The predicted octanol–water partition coefficient (Wildman–Crippen LogP) is 9.86. The van der Waals surface area contributed by atoms with Gasteiger partial charge in [-0.25, -0.2) is 12.1 Å². The molecule has 0 heterocycles. The first-order chi connectivity index (χ1) is 19.0. The van der Waals surface area contributed by atoms with E-state index >= 15 is 0 Å². The molecule has 0 amide bonds. The van der Waals surface area contributed by atoms with Gasteiger partial charge in [-0.1, -0.05) is 76.3 Å². The summed E-state index contributed by atoms with van der Waals surface area (Å²) in [5, 5.41) is 0. The van der Waals surface area contributed by atoms with E-state index in [9.17, 15) is 0 Å². The van der Waals surface area contributed by atoms with E-state index in [1.54, 1.807) is 0 Å². The molecular weight excluding hydrogens is 560 g/mol. The largest absolute Gasteiger partial charge is 0.214 e. The molecule has 1 aliphatic rings. The van der Waals surface area contributed by atoms with Crippen molar-refractivity contribution in [2.45, 2.75) is 58.8 Å². The third kappa shape index (κ3) is 7.80. The molecule has 0 atom stereocenters. The van der Waals surface area contributed by atoms with Gasteiger partial charge in [0.1, 0.15) is 0 Å². The standard InChI is InChI=1S/C21H25.C13H10.C5H5.Zr/c1-20(2,3)16-9-7-14-11-15-8-10-17(21(4,5)6)13-19(15)18(14)12-16;1-3-7-12(8-4-1)11-13-9-5-2-6-10-13;1-2-4-5-3-1;/h7,9-10,12-13H,11H2,1-6H3;1-10H;1-5H;/q-1;;-1;+2. The maximum atomic E-state index is 3.53. The van der Waals surface area contributed by atoms with Crippen LogP contribution >= 0.6 is 0 Å². The summed E-state index contributed by atoms with van der Waals surface area (Å²) in [6, 6.07) is 46.2. The molecule has 5 aromatic rings. The normalized spacial score (nSPS) is 11.8. The van der Waals surface area contributed by atoms with Crippen LogP contribution in [0.3, 0.4) is 0 Å². The van der Waals surface area contributed by atoms with Crippen LogP contribution in [0.5, 0.6) is 0 Å². The quantitative estimate of drug-likeness (QED) is 0.174. The number of hydrogen-bond acceptors (Lipinski definition) is 0. The Hall–Kier alpha value is -3.02. The minimum atomic E-state index is 0.177. The summed E-state index contributed by atoms with van der Waals surface area (Å²) in [5.41, 5.74) is 11.4. The topological polar surface area (TPSA) is 0 Å². The third-order valence-corrected chi connectivity index (χ3v) is 8.63. The van der Waals surface area contributed by atoms with Gasteiger partial charge in [0.2, 0.25) is 0 Å². The summed E-state index contributed by atoms with van der Waals surface area (Å²) in [6.07, 6.45) is 1.03. The fourth-order valence-electron chi connectivity index (χ4n) is 4.68. The summed E-state index contributed by atoms with van der Waals surface area (Å²) in [5.74, 6) is 0.